The first-order chi connectivity index (χ1) is 8.56. The SMILES string of the molecule is CCCCC(NC(=O)c1ccccc1O)C(=O)O. The smallest absolute Gasteiger partial charge is 0.326 e. The zero-order valence-electron chi connectivity index (χ0n) is 10.2. The van der Waals surface area contributed by atoms with Crippen LogP contribution in [-0.4, -0.2) is 28.1 Å². The van der Waals surface area contributed by atoms with Crippen molar-refractivity contribution in [2.45, 2.75) is 32.2 Å². The van der Waals surface area contributed by atoms with Crippen LogP contribution in [0.2, 0.25) is 0 Å². The average molecular weight is 251 g/mol. The van der Waals surface area contributed by atoms with E-state index in [0.717, 1.165) is 12.8 Å². The number of nitrogens with one attached hydrogen (secondary N) is 1. The van der Waals surface area contributed by atoms with Crippen LogP contribution in [0.5, 0.6) is 5.75 Å². The Morgan fingerprint density at radius 1 is 1.33 bits per heavy atom. The maximum atomic E-state index is 11.8. The number of benzene rings is 1. The molecule has 18 heavy (non-hydrogen) atoms. The molecule has 1 amide bonds. The van der Waals surface area contributed by atoms with Gasteiger partial charge in [0.15, 0.2) is 0 Å². The van der Waals surface area contributed by atoms with Gasteiger partial charge in [-0.2, -0.15) is 0 Å². The molecule has 3 N–H and O–H groups in total. The highest BCUT2D eigenvalue weighted by molar-refractivity contribution is 5.98. The number of hydrogen-bond donors (Lipinski definition) is 3. The third-order valence-electron chi connectivity index (χ3n) is 2.60. The van der Waals surface area contributed by atoms with E-state index in [1.54, 1.807) is 12.1 Å². The van der Waals surface area contributed by atoms with Crippen LogP contribution in [0.3, 0.4) is 0 Å². The zero-order chi connectivity index (χ0) is 13.5. The summed E-state index contributed by atoms with van der Waals surface area (Å²) < 4.78 is 0. The number of carbonyl (C=O) groups is 2. The van der Waals surface area contributed by atoms with Crippen molar-refractivity contribution in [2.24, 2.45) is 0 Å². The van der Waals surface area contributed by atoms with Crippen molar-refractivity contribution >= 4 is 11.9 Å². The molecule has 0 bridgehead atoms. The lowest BCUT2D eigenvalue weighted by molar-refractivity contribution is -0.139. The highest BCUT2D eigenvalue weighted by Gasteiger charge is 2.21. The van der Waals surface area contributed by atoms with Crippen LogP contribution in [0.25, 0.3) is 0 Å². The number of carboxylic acids is 1. The fourth-order valence-electron chi connectivity index (χ4n) is 1.57. The highest BCUT2D eigenvalue weighted by atomic mass is 16.4. The van der Waals surface area contributed by atoms with Gasteiger partial charge in [-0.25, -0.2) is 4.79 Å². The van der Waals surface area contributed by atoms with Gasteiger partial charge < -0.3 is 15.5 Å². The monoisotopic (exact) mass is 251 g/mol. The summed E-state index contributed by atoms with van der Waals surface area (Å²) in [5.74, 6) is -1.79. The van der Waals surface area contributed by atoms with E-state index < -0.39 is 17.9 Å². The van der Waals surface area contributed by atoms with Gasteiger partial charge in [0.2, 0.25) is 0 Å². The third kappa shape index (κ3) is 3.76. The quantitative estimate of drug-likeness (QED) is 0.719. The lowest BCUT2D eigenvalue weighted by Crippen LogP contribution is -2.40. The van der Waals surface area contributed by atoms with E-state index in [2.05, 4.69) is 5.32 Å². The number of carboxylic acid groups (broad SMARTS) is 1. The Balaban J connectivity index is 2.72. The minimum Gasteiger partial charge on any atom is -0.507 e. The maximum Gasteiger partial charge on any atom is 0.326 e. The summed E-state index contributed by atoms with van der Waals surface area (Å²) >= 11 is 0. The van der Waals surface area contributed by atoms with Crippen LogP contribution in [0.4, 0.5) is 0 Å². The molecule has 0 saturated heterocycles. The number of amides is 1. The van der Waals surface area contributed by atoms with Crippen molar-refractivity contribution in [3.8, 4) is 5.75 Å². The van der Waals surface area contributed by atoms with Crippen LogP contribution >= 0.6 is 0 Å². The van der Waals surface area contributed by atoms with Gasteiger partial charge in [-0.15, -0.1) is 0 Å². The molecule has 1 aromatic rings. The predicted octanol–water partition coefficient (Wildman–Crippen LogP) is 1.77. The molecule has 0 aliphatic carbocycles. The van der Waals surface area contributed by atoms with Crippen LogP contribution in [0.15, 0.2) is 24.3 Å². The normalized spacial score (nSPS) is 11.8. The third-order valence-corrected chi connectivity index (χ3v) is 2.60. The van der Waals surface area contributed by atoms with Gasteiger partial charge in [0.05, 0.1) is 5.56 Å². The Morgan fingerprint density at radius 2 is 2.00 bits per heavy atom. The molecule has 1 atom stereocenters. The molecular weight excluding hydrogens is 234 g/mol. The predicted molar refractivity (Wildman–Crippen MR) is 66.5 cm³/mol. The first kappa shape index (κ1) is 14.0. The van der Waals surface area contributed by atoms with Crippen LogP contribution in [-0.2, 0) is 4.79 Å². The molecule has 5 heteroatoms. The number of aromatic hydroxyl groups is 1. The van der Waals surface area contributed by atoms with Crippen LogP contribution in [0, 0.1) is 0 Å². The Morgan fingerprint density at radius 3 is 2.56 bits per heavy atom. The summed E-state index contributed by atoms with van der Waals surface area (Å²) in [7, 11) is 0. The second-order valence-corrected chi connectivity index (χ2v) is 4.02. The van der Waals surface area contributed by atoms with Crippen molar-refractivity contribution < 1.29 is 19.8 Å². The molecular formula is C13H17NO4. The number of rotatable bonds is 6. The summed E-state index contributed by atoms with van der Waals surface area (Å²) in [6.45, 7) is 1.95. The van der Waals surface area contributed by atoms with E-state index in [1.165, 1.54) is 12.1 Å². The molecule has 5 nitrogen and oxygen atoms in total. The first-order valence-electron chi connectivity index (χ1n) is 5.88. The van der Waals surface area contributed by atoms with E-state index in [-0.39, 0.29) is 11.3 Å². The van der Waals surface area contributed by atoms with Crippen molar-refractivity contribution in [3.05, 3.63) is 29.8 Å². The van der Waals surface area contributed by atoms with Gasteiger partial charge in [0.25, 0.3) is 5.91 Å². The molecule has 1 unspecified atom stereocenters. The Hall–Kier alpha value is -2.04. The number of phenols is 1. The second-order valence-electron chi connectivity index (χ2n) is 4.02. The van der Waals surface area contributed by atoms with E-state index in [1.807, 2.05) is 6.92 Å². The molecule has 0 heterocycles. The maximum absolute atomic E-state index is 11.8. The van der Waals surface area contributed by atoms with Gasteiger partial charge in [0.1, 0.15) is 11.8 Å². The molecule has 98 valence electrons. The standard InChI is InChI=1S/C13H17NO4/c1-2-3-7-10(13(17)18)14-12(16)9-6-4-5-8-11(9)15/h4-6,8,10,15H,2-3,7H2,1H3,(H,14,16)(H,17,18). The summed E-state index contributed by atoms with van der Waals surface area (Å²) in [6, 6.07) is 5.12. The minimum atomic E-state index is -1.06. The molecule has 0 radical (unpaired) electrons. The molecule has 0 fully saturated rings. The second kappa shape index (κ2) is 6.64. The molecule has 0 saturated carbocycles. The molecule has 1 aromatic carbocycles. The van der Waals surface area contributed by atoms with E-state index >= 15 is 0 Å². The molecule has 0 aliphatic rings. The fraction of sp³-hybridized carbons (Fsp3) is 0.385. The van der Waals surface area contributed by atoms with Gasteiger partial charge in [-0.3, -0.25) is 4.79 Å². The Bertz CT molecular complexity index is 431. The lowest BCUT2D eigenvalue weighted by Gasteiger charge is -2.14. The number of aliphatic carboxylic acids is 1. The Kier molecular flexibility index (Phi) is 5.17. The van der Waals surface area contributed by atoms with Gasteiger partial charge in [-0.1, -0.05) is 31.9 Å². The first-order valence-corrected chi connectivity index (χ1v) is 5.88. The highest BCUT2D eigenvalue weighted by Crippen LogP contribution is 2.15. The summed E-state index contributed by atoms with van der Waals surface area (Å²) in [6.07, 6.45) is 1.96. The molecule has 1 rings (SSSR count). The number of para-hydroxylation sites is 1. The number of hydrogen-bond acceptors (Lipinski definition) is 3. The van der Waals surface area contributed by atoms with Gasteiger partial charge >= 0.3 is 5.97 Å². The van der Waals surface area contributed by atoms with Crippen molar-refractivity contribution in [1.29, 1.82) is 0 Å². The lowest BCUT2D eigenvalue weighted by atomic mass is 10.1. The summed E-state index contributed by atoms with van der Waals surface area (Å²) in [5, 5.41) is 20.9. The summed E-state index contributed by atoms with van der Waals surface area (Å²) in [4.78, 5) is 22.8. The van der Waals surface area contributed by atoms with Crippen LogP contribution < -0.4 is 5.32 Å². The van der Waals surface area contributed by atoms with Crippen molar-refractivity contribution in [3.63, 3.8) is 0 Å². The van der Waals surface area contributed by atoms with E-state index in [0.29, 0.717) is 6.42 Å². The van der Waals surface area contributed by atoms with Gasteiger partial charge in [-0.05, 0) is 18.6 Å². The summed E-state index contributed by atoms with van der Waals surface area (Å²) in [5.41, 5.74) is 0.0836. The van der Waals surface area contributed by atoms with Gasteiger partial charge in [0, 0.05) is 0 Å². The van der Waals surface area contributed by atoms with E-state index in [9.17, 15) is 14.7 Å². The zero-order valence-corrected chi connectivity index (χ0v) is 10.2. The Labute approximate surface area is 105 Å². The van der Waals surface area contributed by atoms with Crippen molar-refractivity contribution in [1.82, 2.24) is 5.32 Å². The average Bonchev–Trinajstić information content (AvgIpc) is 2.34. The topological polar surface area (TPSA) is 86.6 Å². The minimum absolute atomic E-state index is 0.0836. The number of phenolic OH excluding ortho intramolecular Hbond substituents is 1. The van der Waals surface area contributed by atoms with Crippen LogP contribution in [0.1, 0.15) is 36.5 Å². The van der Waals surface area contributed by atoms with Crippen molar-refractivity contribution in [2.75, 3.05) is 0 Å². The fourth-order valence-corrected chi connectivity index (χ4v) is 1.57. The molecule has 0 spiro atoms. The largest absolute Gasteiger partial charge is 0.507 e. The number of carbonyl (C=O) groups excluding carboxylic acids is 1. The number of unbranched alkanes of at least 4 members (excludes halogenated alkanes) is 1. The molecule has 0 aromatic heterocycles. The van der Waals surface area contributed by atoms with E-state index in [4.69, 9.17) is 5.11 Å². The molecule has 0 aliphatic heterocycles.